The van der Waals surface area contributed by atoms with Gasteiger partial charge in [-0.15, -0.1) is 0 Å². The van der Waals surface area contributed by atoms with Gasteiger partial charge in [-0.3, -0.25) is 0 Å². The molecule has 86 valence electrons. The summed E-state index contributed by atoms with van der Waals surface area (Å²) in [6.07, 6.45) is -0.564. The second-order valence-corrected chi connectivity index (χ2v) is 3.18. The monoisotopic (exact) mass is 224 g/mol. The predicted molar refractivity (Wildman–Crippen MR) is 55.7 cm³/mol. The highest BCUT2D eigenvalue weighted by Gasteiger charge is 2.16. The van der Waals surface area contributed by atoms with E-state index in [0.29, 0.717) is 12.2 Å². The van der Waals surface area contributed by atoms with Crippen molar-refractivity contribution >= 4 is 11.9 Å². The Kier molecular flexibility index (Phi) is 3.88. The number of carboxylic acids is 2. The fourth-order valence-corrected chi connectivity index (χ4v) is 1.15. The molecule has 0 saturated carbocycles. The first-order valence-corrected chi connectivity index (χ1v) is 4.77. The minimum absolute atomic E-state index is 0.135. The molecule has 1 aromatic carbocycles. The molecule has 0 amide bonds. The van der Waals surface area contributed by atoms with E-state index in [1.165, 1.54) is 24.3 Å². The molecule has 0 spiro atoms. The zero-order valence-corrected chi connectivity index (χ0v) is 8.71. The lowest BCUT2D eigenvalue weighted by Gasteiger charge is -2.12. The molecule has 1 rings (SSSR count). The highest BCUT2D eigenvalue weighted by molar-refractivity contribution is 5.87. The van der Waals surface area contributed by atoms with Crippen molar-refractivity contribution in [2.75, 3.05) is 0 Å². The number of carbonyl (C=O) groups is 2. The van der Waals surface area contributed by atoms with E-state index in [9.17, 15) is 9.59 Å². The van der Waals surface area contributed by atoms with Crippen molar-refractivity contribution in [3.8, 4) is 5.75 Å². The number of rotatable bonds is 5. The van der Waals surface area contributed by atoms with Crippen molar-refractivity contribution in [1.29, 1.82) is 0 Å². The third-order valence-electron chi connectivity index (χ3n) is 2.03. The third-order valence-corrected chi connectivity index (χ3v) is 2.03. The van der Waals surface area contributed by atoms with Crippen LogP contribution in [0.4, 0.5) is 0 Å². The average Bonchev–Trinajstić information content (AvgIpc) is 2.26. The average molecular weight is 224 g/mol. The van der Waals surface area contributed by atoms with Crippen LogP contribution in [-0.4, -0.2) is 28.3 Å². The SMILES string of the molecule is CCC(Oc1ccc(C(=O)O)cc1)C(=O)O. The van der Waals surface area contributed by atoms with Crippen molar-refractivity contribution in [3.63, 3.8) is 0 Å². The molecule has 5 heteroatoms. The number of benzene rings is 1. The number of ether oxygens (including phenoxy) is 1. The third kappa shape index (κ3) is 2.98. The number of aliphatic carboxylic acids is 1. The Hall–Kier alpha value is -2.04. The molecular weight excluding hydrogens is 212 g/mol. The van der Waals surface area contributed by atoms with Crippen molar-refractivity contribution in [2.45, 2.75) is 19.4 Å². The van der Waals surface area contributed by atoms with E-state index in [2.05, 4.69) is 0 Å². The number of carboxylic acid groups (broad SMARTS) is 2. The lowest BCUT2D eigenvalue weighted by Crippen LogP contribution is -2.25. The summed E-state index contributed by atoms with van der Waals surface area (Å²) >= 11 is 0. The van der Waals surface area contributed by atoms with Crippen LogP contribution in [0.1, 0.15) is 23.7 Å². The standard InChI is InChI=1S/C11H12O5/c1-2-9(11(14)15)16-8-5-3-7(4-6-8)10(12)13/h3-6,9H,2H2,1H3,(H,12,13)(H,14,15). The highest BCUT2D eigenvalue weighted by atomic mass is 16.5. The molecule has 0 fully saturated rings. The summed E-state index contributed by atoms with van der Waals surface area (Å²) in [5.74, 6) is -1.72. The number of hydrogen-bond acceptors (Lipinski definition) is 3. The molecule has 0 aliphatic rings. The summed E-state index contributed by atoms with van der Waals surface area (Å²) in [6, 6.07) is 5.61. The summed E-state index contributed by atoms with van der Waals surface area (Å²) in [4.78, 5) is 21.3. The lowest BCUT2D eigenvalue weighted by atomic mass is 10.2. The molecule has 0 aliphatic carbocycles. The first kappa shape index (κ1) is 12.0. The zero-order chi connectivity index (χ0) is 12.1. The molecule has 0 heterocycles. The van der Waals surface area contributed by atoms with E-state index in [1.54, 1.807) is 6.92 Å². The maximum atomic E-state index is 10.7. The van der Waals surface area contributed by atoms with Gasteiger partial charge in [0.1, 0.15) is 5.75 Å². The molecule has 2 N–H and O–H groups in total. The molecule has 0 aliphatic heterocycles. The Morgan fingerprint density at radius 3 is 2.19 bits per heavy atom. The van der Waals surface area contributed by atoms with Gasteiger partial charge in [-0.05, 0) is 30.7 Å². The minimum atomic E-state index is -1.04. The fourth-order valence-electron chi connectivity index (χ4n) is 1.15. The first-order chi connectivity index (χ1) is 7.54. The lowest BCUT2D eigenvalue weighted by molar-refractivity contribution is -0.145. The van der Waals surface area contributed by atoms with Crippen LogP contribution in [0.2, 0.25) is 0 Å². The maximum absolute atomic E-state index is 10.7. The molecule has 0 aromatic heterocycles. The number of hydrogen-bond donors (Lipinski definition) is 2. The molecule has 16 heavy (non-hydrogen) atoms. The maximum Gasteiger partial charge on any atom is 0.344 e. The van der Waals surface area contributed by atoms with Gasteiger partial charge in [-0.2, -0.15) is 0 Å². The van der Waals surface area contributed by atoms with Gasteiger partial charge in [0, 0.05) is 0 Å². The van der Waals surface area contributed by atoms with Crippen molar-refractivity contribution in [1.82, 2.24) is 0 Å². The molecule has 1 unspecified atom stereocenters. The Labute approximate surface area is 92.3 Å². The second kappa shape index (κ2) is 5.16. The van der Waals surface area contributed by atoms with Gasteiger partial charge in [0.15, 0.2) is 6.10 Å². The Morgan fingerprint density at radius 1 is 1.25 bits per heavy atom. The quantitative estimate of drug-likeness (QED) is 0.794. The Balaban J connectivity index is 2.75. The van der Waals surface area contributed by atoms with E-state index >= 15 is 0 Å². The van der Waals surface area contributed by atoms with Gasteiger partial charge in [0.25, 0.3) is 0 Å². The topological polar surface area (TPSA) is 83.8 Å². The van der Waals surface area contributed by atoms with Crippen molar-refractivity contribution in [3.05, 3.63) is 29.8 Å². The van der Waals surface area contributed by atoms with E-state index in [-0.39, 0.29) is 5.56 Å². The van der Waals surface area contributed by atoms with Gasteiger partial charge in [-0.25, -0.2) is 9.59 Å². The Bertz CT molecular complexity index is 382. The van der Waals surface area contributed by atoms with E-state index in [1.807, 2.05) is 0 Å². The van der Waals surface area contributed by atoms with Crippen LogP contribution in [0.15, 0.2) is 24.3 Å². The van der Waals surface area contributed by atoms with Crippen LogP contribution in [0.25, 0.3) is 0 Å². The van der Waals surface area contributed by atoms with E-state index < -0.39 is 18.0 Å². The van der Waals surface area contributed by atoms with Crippen LogP contribution in [0.5, 0.6) is 5.75 Å². The van der Waals surface area contributed by atoms with Gasteiger partial charge >= 0.3 is 11.9 Å². The molecule has 0 bridgehead atoms. The molecule has 1 atom stereocenters. The largest absolute Gasteiger partial charge is 0.479 e. The molecule has 0 saturated heterocycles. The van der Waals surface area contributed by atoms with Crippen molar-refractivity contribution in [2.24, 2.45) is 0 Å². The molecular formula is C11H12O5. The molecule has 5 nitrogen and oxygen atoms in total. The van der Waals surface area contributed by atoms with Crippen LogP contribution < -0.4 is 4.74 Å². The smallest absolute Gasteiger partial charge is 0.344 e. The summed E-state index contributed by atoms with van der Waals surface area (Å²) < 4.78 is 5.17. The molecule has 1 aromatic rings. The van der Waals surface area contributed by atoms with Crippen LogP contribution in [-0.2, 0) is 4.79 Å². The second-order valence-electron chi connectivity index (χ2n) is 3.18. The van der Waals surface area contributed by atoms with Gasteiger partial charge in [0.05, 0.1) is 5.56 Å². The van der Waals surface area contributed by atoms with Crippen molar-refractivity contribution < 1.29 is 24.5 Å². The van der Waals surface area contributed by atoms with Crippen LogP contribution in [0.3, 0.4) is 0 Å². The van der Waals surface area contributed by atoms with Crippen LogP contribution >= 0.6 is 0 Å². The zero-order valence-electron chi connectivity index (χ0n) is 8.71. The first-order valence-electron chi connectivity index (χ1n) is 4.77. The Morgan fingerprint density at radius 2 is 1.81 bits per heavy atom. The highest BCUT2D eigenvalue weighted by Crippen LogP contribution is 2.15. The van der Waals surface area contributed by atoms with E-state index in [0.717, 1.165) is 0 Å². The summed E-state index contributed by atoms with van der Waals surface area (Å²) in [7, 11) is 0. The minimum Gasteiger partial charge on any atom is -0.479 e. The summed E-state index contributed by atoms with van der Waals surface area (Å²) in [5, 5.41) is 17.4. The molecule has 0 radical (unpaired) electrons. The van der Waals surface area contributed by atoms with E-state index in [4.69, 9.17) is 14.9 Å². The van der Waals surface area contributed by atoms with Gasteiger partial charge in [0.2, 0.25) is 0 Å². The predicted octanol–water partition coefficient (Wildman–Crippen LogP) is 1.63. The normalized spacial score (nSPS) is 11.8. The van der Waals surface area contributed by atoms with Gasteiger partial charge < -0.3 is 14.9 Å². The summed E-state index contributed by atoms with van der Waals surface area (Å²) in [6.45, 7) is 1.70. The number of aromatic carboxylic acids is 1. The van der Waals surface area contributed by atoms with Crippen LogP contribution in [0, 0.1) is 0 Å². The summed E-state index contributed by atoms with van der Waals surface area (Å²) in [5.41, 5.74) is 0.135. The van der Waals surface area contributed by atoms with Gasteiger partial charge in [-0.1, -0.05) is 6.92 Å². The fraction of sp³-hybridized carbons (Fsp3) is 0.273.